The highest BCUT2D eigenvalue weighted by atomic mass is 35.5. The molecule has 0 radical (unpaired) electrons. The Hall–Kier alpha value is -1.65. The van der Waals surface area contributed by atoms with Gasteiger partial charge in [0.2, 0.25) is 0 Å². The van der Waals surface area contributed by atoms with E-state index in [0.29, 0.717) is 16.5 Å². The highest BCUT2D eigenvalue weighted by molar-refractivity contribution is 6.32. The molecule has 0 bridgehead atoms. The average Bonchev–Trinajstić information content (AvgIpc) is 2.96. The molecule has 0 saturated heterocycles. The molecule has 5 heteroatoms. The molecule has 0 aliphatic rings. The minimum Gasteiger partial charge on any atom is -0.493 e. The van der Waals surface area contributed by atoms with Crippen LogP contribution in [0.4, 0.5) is 0 Å². The maximum atomic E-state index is 6.24. The Morgan fingerprint density at radius 2 is 2.10 bits per heavy atom. The molecule has 1 atom stereocenters. The van der Waals surface area contributed by atoms with Crippen molar-refractivity contribution in [1.82, 2.24) is 5.32 Å². The lowest BCUT2D eigenvalue weighted by Gasteiger charge is -2.18. The summed E-state index contributed by atoms with van der Waals surface area (Å²) in [5.41, 5.74) is 1.02. The monoisotopic (exact) mass is 295 g/mol. The Morgan fingerprint density at radius 1 is 1.30 bits per heavy atom. The number of benzene rings is 1. The van der Waals surface area contributed by atoms with Gasteiger partial charge in [-0.2, -0.15) is 0 Å². The number of ether oxygens (including phenoxy) is 2. The lowest BCUT2D eigenvalue weighted by Crippen LogP contribution is -2.18. The first-order chi connectivity index (χ1) is 9.69. The molecule has 1 aromatic heterocycles. The molecule has 0 aliphatic heterocycles. The normalized spacial score (nSPS) is 12.2. The van der Waals surface area contributed by atoms with Gasteiger partial charge in [0.1, 0.15) is 5.76 Å². The topological polar surface area (TPSA) is 43.6 Å². The maximum Gasteiger partial charge on any atom is 0.179 e. The molecule has 0 fully saturated rings. The highest BCUT2D eigenvalue weighted by Crippen LogP contribution is 2.38. The zero-order chi connectivity index (χ0) is 14.5. The molecule has 108 valence electrons. The van der Waals surface area contributed by atoms with Crippen LogP contribution in [0.15, 0.2) is 34.9 Å². The standard InChI is InChI=1S/C15H18ClNO3/c1-17-13(9-11-5-4-6-20-11)10-7-12(16)15(19-3)14(8-10)18-2/h4-8,13,17H,9H2,1-3H3. The maximum absolute atomic E-state index is 6.24. The molecule has 1 unspecified atom stereocenters. The molecule has 0 spiro atoms. The molecule has 0 aliphatic carbocycles. The fourth-order valence-corrected chi connectivity index (χ4v) is 2.45. The number of rotatable bonds is 6. The Labute approximate surface area is 123 Å². The zero-order valence-corrected chi connectivity index (χ0v) is 12.5. The predicted octanol–water partition coefficient (Wildman–Crippen LogP) is 3.45. The Bertz CT molecular complexity index is 554. The van der Waals surface area contributed by atoms with E-state index in [2.05, 4.69) is 5.32 Å². The van der Waals surface area contributed by atoms with Crippen molar-refractivity contribution in [1.29, 1.82) is 0 Å². The van der Waals surface area contributed by atoms with Crippen molar-refractivity contribution in [2.24, 2.45) is 0 Å². The predicted molar refractivity (Wildman–Crippen MR) is 78.8 cm³/mol. The van der Waals surface area contributed by atoms with Gasteiger partial charge >= 0.3 is 0 Å². The fourth-order valence-electron chi connectivity index (χ4n) is 2.16. The number of methoxy groups -OCH3 is 2. The summed E-state index contributed by atoms with van der Waals surface area (Å²) in [6.07, 6.45) is 2.40. The van der Waals surface area contributed by atoms with Crippen LogP contribution in [-0.4, -0.2) is 21.3 Å². The first kappa shape index (κ1) is 14.8. The van der Waals surface area contributed by atoms with Crippen molar-refractivity contribution in [3.63, 3.8) is 0 Å². The molecule has 2 aromatic rings. The largest absolute Gasteiger partial charge is 0.493 e. The summed E-state index contributed by atoms with van der Waals surface area (Å²) in [5.74, 6) is 2.08. The number of halogens is 1. The van der Waals surface area contributed by atoms with Crippen LogP contribution in [0.3, 0.4) is 0 Å². The molecular formula is C15H18ClNO3. The zero-order valence-electron chi connectivity index (χ0n) is 11.8. The Kier molecular flexibility index (Phi) is 4.93. The number of furan rings is 1. The summed E-state index contributed by atoms with van der Waals surface area (Å²) in [7, 11) is 5.07. The van der Waals surface area contributed by atoms with Gasteiger partial charge in [0.15, 0.2) is 11.5 Å². The first-order valence-electron chi connectivity index (χ1n) is 6.30. The molecule has 2 rings (SSSR count). The number of hydrogen-bond donors (Lipinski definition) is 1. The Balaban J connectivity index is 2.32. The van der Waals surface area contributed by atoms with Crippen molar-refractivity contribution in [2.45, 2.75) is 12.5 Å². The second-order valence-corrected chi connectivity index (χ2v) is 4.77. The van der Waals surface area contributed by atoms with Crippen LogP contribution in [0.2, 0.25) is 5.02 Å². The van der Waals surface area contributed by atoms with Crippen molar-refractivity contribution in [3.05, 3.63) is 46.9 Å². The number of likely N-dealkylation sites (N-methyl/N-ethyl adjacent to an activating group) is 1. The summed E-state index contributed by atoms with van der Waals surface area (Å²) < 4.78 is 16.0. The minimum atomic E-state index is 0.0819. The fraction of sp³-hybridized carbons (Fsp3) is 0.333. The van der Waals surface area contributed by atoms with E-state index in [0.717, 1.165) is 17.7 Å². The van der Waals surface area contributed by atoms with E-state index in [9.17, 15) is 0 Å². The third-order valence-corrected chi connectivity index (χ3v) is 3.47. The van der Waals surface area contributed by atoms with Gasteiger partial charge in [-0.15, -0.1) is 0 Å². The molecule has 1 aromatic carbocycles. The van der Waals surface area contributed by atoms with E-state index >= 15 is 0 Å². The van der Waals surface area contributed by atoms with Gasteiger partial charge in [-0.1, -0.05) is 11.6 Å². The van der Waals surface area contributed by atoms with E-state index in [4.69, 9.17) is 25.5 Å². The van der Waals surface area contributed by atoms with Gasteiger partial charge in [0, 0.05) is 12.5 Å². The minimum absolute atomic E-state index is 0.0819. The van der Waals surface area contributed by atoms with Crippen LogP contribution >= 0.6 is 11.6 Å². The molecule has 0 amide bonds. The van der Waals surface area contributed by atoms with Gasteiger partial charge in [-0.05, 0) is 36.9 Å². The summed E-state index contributed by atoms with van der Waals surface area (Å²) in [6.45, 7) is 0. The van der Waals surface area contributed by atoms with Crippen molar-refractivity contribution < 1.29 is 13.9 Å². The second kappa shape index (κ2) is 6.68. The summed E-state index contributed by atoms with van der Waals surface area (Å²) in [6, 6.07) is 7.72. The molecule has 1 heterocycles. The summed E-state index contributed by atoms with van der Waals surface area (Å²) in [4.78, 5) is 0. The summed E-state index contributed by atoms with van der Waals surface area (Å²) >= 11 is 6.24. The third-order valence-electron chi connectivity index (χ3n) is 3.19. The number of hydrogen-bond acceptors (Lipinski definition) is 4. The van der Waals surface area contributed by atoms with Gasteiger partial charge < -0.3 is 19.2 Å². The van der Waals surface area contributed by atoms with Crippen molar-refractivity contribution >= 4 is 11.6 Å². The van der Waals surface area contributed by atoms with Crippen LogP contribution in [0.25, 0.3) is 0 Å². The average molecular weight is 296 g/mol. The lowest BCUT2D eigenvalue weighted by atomic mass is 10.0. The highest BCUT2D eigenvalue weighted by Gasteiger charge is 2.17. The lowest BCUT2D eigenvalue weighted by molar-refractivity contribution is 0.354. The SMILES string of the molecule is CNC(Cc1ccco1)c1cc(Cl)c(OC)c(OC)c1. The van der Waals surface area contributed by atoms with Crippen LogP contribution in [0, 0.1) is 0 Å². The van der Waals surface area contributed by atoms with E-state index in [-0.39, 0.29) is 6.04 Å². The molecule has 0 saturated carbocycles. The van der Waals surface area contributed by atoms with Gasteiger partial charge in [-0.3, -0.25) is 0 Å². The first-order valence-corrected chi connectivity index (χ1v) is 6.68. The van der Waals surface area contributed by atoms with Gasteiger partial charge in [-0.25, -0.2) is 0 Å². The molecule has 4 nitrogen and oxygen atoms in total. The second-order valence-electron chi connectivity index (χ2n) is 4.36. The summed E-state index contributed by atoms with van der Waals surface area (Å²) in [5, 5.41) is 3.79. The quantitative estimate of drug-likeness (QED) is 0.886. The van der Waals surface area contributed by atoms with Crippen LogP contribution in [-0.2, 0) is 6.42 Å². The van der Waals surface area contributed by atoms with E-state index < -0.39 is 0 Å². The molecule has 1 N–H and O–H groups in total. The van der Waals surface area contributed by atoms with Crippen molar-refractivity contribution in [2.75, 3.05) is 21.3 Å². The van der Waals surface area contributed by atoms with Crippen molar-refractivity contribution in [3.8, 4) is 11.5 Å². The molecular weight excluding hydrogens is 278 g/mol. The Morgan fingerprint density at radius 3 is 2.65 bits per heavy atom. The number of nitrogens with one attached hydrogen (secondary N) is 1. The van der Waals surface area contributed by atoms with Gasteiger partial charge in [0.05, 0.1) is 25.5 Å². The van der Waals surface area contributed by atoms with Crippen LogP contribution in [0.5, 0.6) is 11.5 Å². The van der Waals surface area contributed by atoms with E-state index in [1.807, 2.05) is 31.3 Å². The smallest absolute Gasteiger partial charge is 0.179 e. The van der Waals surface area contributed by atoms with E-state index in [1.54, 1.807) is 20.5 Å². The van der Waals surface area contributed by atoms with Crippen LogP contribution < -0.4 is 14.8 Å². The van der Waals surface area contributed by atoms with E-state index in [1.165, 1.54) is 0 Å². The molecule has 20 heavy (non-hydrogen) atoms. The third kappa shape index (κ3) is 3.08. The van der Waals surface area contributed by atoms with Crippen LogP contribution in [0.1, 0.15) is 17.4 Å². The van der Waals surface area contributed by atoms with Gasteiger partial charge in [0.25, 0.3) is 0 Å².